The van der Waals surface area contributed by atoms with Gasteiger partial charge in [0.25, 0.3) is 0 Å². The third kappa shape index (κ3) is 7.10. The summed E-state index contributed by atoms with van der Waals surface area (Å²) in [5, 5.41) is 0. The predicted molar refractivity (Wildman–Crippen MR) is 81.5 cm³/mol. The van der Waals surface area contributed by atoms with Crippen molar-refractivity contribution in [2.24, 2.45) is 11.8 Å². The van der Waals surface area contributed by atoms with E-state index in [2.05, 4.69) is 25.7 Å². The fourth-order valence-electron chi connectivity index (χ4n) is 3.04. The second-order valence-electron chi connectivity index (χ2n) is 5.99. The standard InChI is InChI=1S/C18H32/c1-3-5-6-7-8-9-10-12-18-15-13-17(11-4-2)14-16-18/h17-18H,3-9,11,13-16H2,1-2H3. The van der Waals surface area contributed by atoms with Crippen molar-refractivity contribution in [1.82, 2.24) is 0 Å². The zero-order valence-electron chi connectivity index (χ0n) is 12.6. The second-order valence-corrected chi connectivity index (χ2v) is 5.99. The van der Waals surface area contributed by atoms with Crippen molar-refractivity contribution < 1.29 is 0 Å². The molecule has 0 amide bonds. The summed E-state index contributed by atoms with van der Waals surface area (Å²) >= 11 is 0. The van der Waals surface area contributed by atoms with Gasteiger partial charge < -0.3 is 0 Å². The van der Waals surface area contributed by atoms with Gasteiger partial charge >= 0.3 is 0 Å². The Balaban J connectivity index is 2.02. The van der Waals surface area contributed by atoms with Crippen LogP contribution in [0.2, 0.25) is 0 Å². The van der Waals surface area contributed by atoms with Gasteiger partial charge in [0, 0.05) is 12.3 Å². The SMILES string of the molecule is CCCCCCCC#CC1CCC(CCC)CC1. The molecule has 0 radical (unpaired) electrons. The summed E-state index contributed by atoms with van der Waals surface area (Å²) in [7, 11) is 0. The highest BCUT2D eigenvalue weighted by Gasteiger charge is 2.18. The van der Waals surface area contributed by atoms with E-state index in [9.17, 15) is 0 Å². The highest BCUT2D eigenvalue weighted by Crippen LogP contribution is 2.31. The molecule has 0 bridgehead atoms. The molecular weight excluding hydrogens is 216 g/mol. The Morgan fingerprint density at radius 2 is 1.56 bits per heavy atom. The molecule has 1 aliphatic carbocycles. The lowest BCUT2D eigenvalue weighted by Crippen LogP contribution is -2.13. The van der Waals surface area contributed by atoms with Gasteiger partial charge in [-0.25, -0.2) is 0 Å². The Bertz CT molecular complexity index is 234. The minimum Gasteiger partial charge on any atom is -0.103 e. The summed E-state index contributed by atoms with van der Waals surface area (Å²) in [6.07, 6.45) is 16.4. The monoisotopic (exact) mass is 248 g/mol. The van der Waals surface area contributed by atoms with E-state index in [0.29, 0.717) is 0 Å². The molecule has 0 saturated heterocycles. The molecular formula is C18H32. The van der Waals surface area contributed by atoms with Crippen LogP contribution >= 0.6 is 0 Å². The van der Waals surface area contributed by atoms with E-state index in [4.69, 9.17) is 0 Å². The van der Waals surface area contributed by atoms with Crippen LogP contribution in [0.1, 0.15) is 90.9 Å². The van der Waals surface area contributed by atoms with Gasteiger partial charge in [0.2, 0.25) is 0 Å². The fourth-order valence-corrected chi connectivity index (χ4v) is 3.04. The van der Waals surface area contributed by atoms with Gasteiger partial charge in [0.05, 0.1) is 0 Å². The van der Waals surface area contributed by atoms with Crippen molar-refractivity contribution >= 4 is 0 Å². The first-order chi connectivity index (χ1) is 8.86. The third-order valence-electron chi connectivity index (χ3n) is 4.26. The van der Waals surface area contributed by atoms with Crippen molar-refractivity contribution in [3.05, 3.63) is 0 Å². The van der Waals surface area contributed by atoms with Gasteiger partial charge in [0.15, 0.2) is 0 Å². The molecule has 0 N–H and O–H groups in total. The maximum Gasteiger partial charge on any atom is 0.0203 e. The first-order valence-electron chi connectivity index (χ1n) is 8.35. The van der Waals surface area contributed by atoms with E-state index >= 15 is 0 Å². The number of hydrogen-bond acceptors (Lipinski definition) is 0. The van der Waals surface area contributed by atoms with Gasteiger partial charge in [-0.2, -0.15) is 0 Å². The number of hydrogen-bond donors (Lipinski definition) is 0. The molecule has 0 atom stereocenters. The van der Waals surface area contributed by atoms with E-state index in [0.717, 1.165) is 18.3 Å². The van der Waals surface area contributed by atoms with Crippen LogP contribution in [0.25, 0.3) is 0 Å². The van der Waals surface area contributed by atoms with Gasteiger partial charge in [-0.15, -0.1) is 5.92 Å². The molecule has 0 spiro atoms. The molecule has 18 heavy (non-hydrogen) atoms. The quantitative estimate of drug-likeness (QED) is 0.385. The van der Waals surface area contributed by atoms with Gasteiger partial charge in [-0.3, -0.25) is 0 Å². The lowest BCUT2D eigenvalue weighted by atomic mass is 9.80. The Hall–Kier alpha value is -0.440. The minimum absolute atomic E-state index is 0.730. The van der Waals surface area contributed by atoms with Crippen molar-refractivity contribution in [1.29, 1.82) is 0 Å². The Morgan fingerprint density at radius 3 is 2.22 bits per heavy atom. The van der Waals surface area contributed by atoms with Gasteiger partial charge in [-0.1, -0.05) is 58.3 Å². The Morgan fingerprint density at radius 1 is 0.833 bits per heavy atom. The molecule has 0 aromatic rings. The largest absolute Gasteiger partial charge is 0.103 e. The average Bonchev–Trinajstić information content (AvgIpc) is 2.40. The van der Waals surface area contributed by atoms with Crippen molar-refractivity contribution in [3.63, 3.8) is 0 Å². The second kappa shape index (κ2) is 10.5. The van der Waals surface area contributed by atoms with Crippen LogP contribution in [-0.4, -0.2) is 0 Å². The van der Waals surface area contributed by atoms with Crippen molar-refractivity contribution in [3.8, 4) is 11.8 Å². The van der Waals surface area contributed by atoms with E-state index in [1.807, 2.05) is 0 Å². The maximum absolute atomic E-state index is 3.53. The van der Waals surface area contributed by atoms with Crippen LogP contribution in [0.5, 0.6) is 0 Å². The normalized spacial score (nSPS) is 23.4. The molecule has 0 nitrogen and oxygen atoms in total. The molecule has 0 aromatic heterocycles. The van der Waals surface area contributed by atoms with E-state index < -0.39 is 0 Å². The van der Waals surface area contributed by atoms with E-state index in [1.165, 1.54) is 70.6 Å². The first kappa shape index (κ1) is 15.6. The van der Waals surface area contributed by atoms with Crippen LogP contribution in [0.4, 0.5) is 0 Å². The zero-order chi connectivity index (χ0) is 13.1. The Kier molecular flexibility index (Phi) is 9.09. The minimum atomic E-state index is 0.730. The molecule has 0 unspecified atom stereocenters. The van der Waals surface area contributed by atoms with Crippen LogP contribution < -0.4 is 0 Å². The molecule has 1 fully saturated rings. The Labute approximate surface area is 115 Å². The topological polar surface area (TPSA) is 0 Å². The highest BCUT2D eigenvalue weighted by molar-refractivity contribution is 5.04. The molecule has 0 aliphatic heterocycles. The summed E-state index contributed by atoms with van der Waals surface area (Å²) in [6.45, 7) is 4.58. The van der Waals surface area contributed by atoms with Crippen molar-refractivity contribution in [2.45, 2.75) is 90.9 Å². The summed E-state index contributed by atoms with van der Waals surface area (Å²) in [5.41, 5.74) is 0. The molecule has 104 valence electrons. The van der Waals surface area contributed by atoms with Crippen LogP contribution in [0.15, 0.2) is 0 Å². The maximum atomic E-state index is 3.53. The smallest absolute Gasteiger partial charge is 0.0203 e. The van der Waals surface area contributed by atoms with Crippen LogP contribution in [-0.2, 0) is 0 Å². The summed E-state index contributed by atoms with van der Waals surface area (Å²) < 4.78 is 0. The summed E-state index contributed by atoms with van der Waals surface area (Å²) in [6, 6.07) is 0. The summed E-state index contributed by atoms with van der Waals surface area (Å²) in [4.78, 5) is 0. The lowest BCUT2D eigenvalue weighted by Gasteiger charge is -2.25. The van der Waals surface area contributed by atoms with E-state index in [1.54, 1.807) is 0 Å². The highest BCUT2D eigenvalue weighted by atomic mass is 14.2. The predicted octanol–water partition coefficient (Wildman–Crippen LogP) is 5.96. The molecule has 0 heteroatoms. The molecule has 0 heterocycles. The molecule has 1 rings (SSSR count). The first-order valence-corrected chi connectivity index (χ1v) is 8.35. The van der Waals surface area contributed by atoms with Crippen LogP contribution in [0, 0.1) is 23.7 Å². The lowest BCUT2D eigenvalue weighted by molar-refractivity contribution is 0.299. The number of unbranched alkanes of at least 4 members (excludes halogenated alkanes) is 5. The molecule has 1 saturated carbocycles. The fraction of sp³-hybridized carbons (Fsp3) is 0.889. The summed E-state index contributed by atoms with van der Waals surface area (Å²) in [5.74, 6) is 8.70. The third-order valence-corrected chi connectivity index (χ3v) is 4.26. The molecule has 1 aliphatic rings. The van der Waals surface area contributed by atoms with Gasteiger partial charge in [-0.05, 0) is 38.0 Å². The van der Waals surface area contributed by atoms with Gasteiger partial charge in [0.1, 0.15) is 0 Å². The van der Waals surface area contributed by atoms with Crippen LogP contribution in [0.3, 0.4) is 0 Å². The number of rotatable bonds is 7. The average molecular weight is 248 g/mol. The molecule has 0 aromatic carbocycles. The van der Waals surface area contributed by atoms with E-state index in [-0.39, 0.29) is 0 Å². The van der Waals surface area contributed by atoms with Crippen molar-refractivity contribution in [2.75, 3.05) is 0 Å². The zero-order valence-corrected chi connectivity index (χ0v) is 12.6.